The third-order valence-corrected chi connectivity index (χ3v) is 4.18. The summed E-state index contributed by atoms with van der Waals surface area (Å²) in [5, 5.41) is 0. The van der Waals surface area contributed by atoms with Crippen LogP contribution in [0.15, 0.2) is 42.5 Å². The number of rotatable bonds is 7. The molecule has 0 aliphatic carbocycles. The van der Waals surface area contributed by atoms with Crippen molar-refractivity contribution in [3.05, 3.63) is 48.0 Å². The lowest BCUT2D eigenvalue weighted by Gasteiger charge is -2.23. The average molecular weight is 315 g/mol. The molecule has 4 heteroatoms. The molecule has 0 radical (unpaired) electrons. The fraction of sp³-hybridized carbons (Fsp3) is 0.474. The average Bonchev–Trinajstić information content (AvgIpc) is 2.92. The highest BCUT2D eigenvalue weighted by molar-refractivity contribution is 5.94. The second-order valence-electron chi connectivity index (χ2n) is 6.03. The number of hydrogen-bond donors (Lipinski definition) is 0. The van der Waals surface area contributed by atoms with Crippen molar-refractivity contribution in [3.63, 3.8) is 0 Å². The molecular weight excluding hydrogens is 290 g/mol. The van der Waals surface area contributed by atoms with E-state index < -0.39 is 6.09 Å². The number of imide groups is 1. The quantitative estimate of drug-likeness (QED) is 0.565. The minimum atomic E-state index is -0.503. The molecule has 124 valence electrons. The van der Waals surface area contributed by atoms with Crippen LogP contribution in [0.1, 0.15) is 38.7 Å². The second-order valence-corrected chi connectivity index (χ2v) is 6.03. The molecular formula is C19H25NO3. The molecule has 0 N–H and O–H groups in total. The van der Waals surface area contributed by atoms with Crippen LogP contribution in [0.2, 0.25) is 0 Å². The van der Waals surface area contributed by atoms with Crippen molar-refractivity contribution in [1.82, 2.24) is 4.90 Å². The lowest BCUT2D eigenvalue weighted by atomic mass is 10.00. The zero-order valence-electron chi connectivity index (χ0n) is 13.9. The van der Waals surface area contributed by atoms with Gasteiger partial charge in [0, 0.05) is 5.92 Å². The van der Waals surface area contributed by atoms with Crippen LogP contribution in [0.5, 0.6) is 0 Å². The molecule has 0 bridgehead atoms. The van der Waals surface area contributed by atoms with E-state index in [0.29, 0.717) is 6.42 Å². The molecule has 0 spiro atoms. The Balaban J connectivity index is 1.96. The Labute approximate surface area is 138 Å². The van der Waals surface area contributed by atoms with Crippen molar-refractivity contribution in [1.29, 1.82) is 0 Å². The van der Waals surface area contributed by atoms with Crippen LogP contribution < -0.4 is 0 Å². The molecule has 4 nitrogen and oxygen atoms in total. The van der Waals surface area contributed by atoms with Gasteiger partial charge in [0.15, 0.2) is 0 Å². The zero-order chi connectivity index (χ0) is 16.7. The molecule has 1 fully saturated rings. The number of benzene rings is 1. The summed E-state index contributed by atoms with van der Waals surface area (Å²) in [5.74, 6) is -0.280. The van der Waals surface area contributed by atoms with Gasteiger partial charge in [0.05, 0.1) is 6.04 Å². The van der Waals surface area contributed by atoms with Crippen molar-refractivity contribution in [2.24, 2.45) is 5.92 Å². The van der Waals surface area contributed by atoms with E-state index in [1.165, 1.54) is 4.90 Å². The Morgan fingerprint density at radius 1 is 1.39 bits per heavy atom. The molecule has 2 unspecified atom stereocenters. The SMILES string of the molecule is C/C=C/CCCC(C)C(=O)N1C(=O)OCC1Cc1ccccc1. The summed E-state index contributed by atoms with van der Waals surface area (Å²) in [6, 6.07) is 9.69. The summed E-state index contributed by atoms with van der Waals surface area (Å²) < 4.78 is 5.12. The van der Waals surface area contributed by atoms with Crippen molar-refractivity contribution in [2.45, 2.75) is 45.6 Å². The molecule has 1 aliphatic heterocycles. The Bertz CT molecular complexity index is 553. The number of amides is 2. The predicted octanol–water partition coefficient (Wildman–Crippen LogP) is 3.96. The number of carbonyl (C=O) groups excluding carboxylic acids is 2. The lowest BCUT2D eigenvalue weighted by Crippen LogP contribution is -2.43. The summed E-state index contributed by atoms with van der Waals surface area (Å²) in [6.45, 7) is 4.16. The topological polar surface area (TPSA) is 46.6 Å². The monoisotopic (exact) mass is 315 g/mol. The molecule has 1 aliphatic rings. The lowest BCUT2D eigenvalue weighted by molar-refractivity contribution is -0.133. The first-order valence-electron chi connectivity index (χ1n) is 8.28. The number of unbranched alkanes of at least 4 members (excludes halogenated alkanes) is 1. The second kappa shape index (κ2) is 8.51. The van der Waals surface area contributed by atoms with Crippen LogP contribution in [-0.4, -0.2) is 29.5 Å². The molecule has 1 saturated heterocycles. The molecule has 1 aromatic carbocycles. The van der Waals surface area contributed by atoms with Gasteiger partial charge in [-0.2, -0.15) is 0 Å². The minimum Gasteiger partial charge on any atom is -0.447 e. The highest BCUT2D eigenvalue weighted by Crippen LogP contribution is 2.22. The van der Waals surface area contributed by atoms with Crippen molar-refractivity contribution >= 4 is 12.0 Å². The number of nitrogens with zero attached hydrogens (tertiary/aromatic N) is 1. The zero-order valence-corrected chi connectivity index (χ0v) is 13.9. The molecule has 23 heavy (non-hydrogen) atoms. The number of allylic oxidation sites excluding steroid dienone is 2. The molecule has 0 aromatic heterocycles. The Morgan fingerprint density at radius 3 is 2.83 bits per heavy atom. The summed E-state index contributed by atoms with van der Waals surface area (Å²) in [4.78, 5) is 25.9. The van der Waals surface area contributed by atoms with E-state index in [4.69, 9.17) is 4.74 Å². The summed E-state index contributed by atoms with van der Waals surface area (Å²) >= 11 is 0. The Kier molecular flexibility index (Phi) is 6.39. The van der Waals surface area contributed by atoms with Crippen LogP contribution in [0, 0.1) is 5.92 Å². The fourth-order valence-electron chi connectivity index (χ4n) is 2.84. The van der Waals surface area contributed by atoms with Gasteiger partial charge < -0.3 is 4.74 Å². The van der Waals surface area contributed by atoms with Gasteiger partial charge in [0.25, 0.3) is 0 Å². The first-order chi connectivity index (χ1) is 11.1. The summed E-state index contributed by atoms with van der Waals surface area (Å²) in [7, 11) is 0. The summed E-state index contributed by atoms with van der Waals surface area (Å²) in [5.41, 5.74) is 1.11. The van der Waals surface area contributed by atoms with E-state index in [-0.39, 0.29) is 24.5 Å². The van der Waals surface area contributed by atoms with Gasteiger partial charge in [0.2, 0.25) is 5.91 Å². The van der Waals surface area contributed by atoms with E-state index in [1.807, 2.05) is 50.3 Å². The number of ether oxygens (including phenoxy) is 1. The third-order valence-electron chi connectivity index (χ3n) is 4.18. The Morgan fingerprint density at radius 2 is 2.13 bits per heavy atom. The third kappa shape index (κ3) is 4.68. The van der Waals surface area contributed by atoms with Gasteiger partial charge in [-0.25, -0.2) is 9.69 Å². The Hall–Kier alpha value is -2.10. The smallest absolute Gasteiger partial charge is 0.416 e. The van der Waals surface area contributed by atoms with Gasteiger partial charge in [0.1, 0.15) is 6.61 Å². The maximum atomic E-state index is 12.6. The molecule has 2 rings (SSSR count). The van der Waals surface area contributed by atoms with E-state index in [1.54, 1.807) is 0 Å². The van der Waals surface area contributed by atoms with E-state index in [2.05, 4.69) is 6.08 Å². The fourth-order valence-corrected chi connectivity index (χ4v) is 2.84. The number of cyclic esters (lactones) is 1. The highest BCUT2D eigenvalue weighted by Gasteiger charge is 2.39. The van der Waals surface area contributed by atoms with Gasteiger partial charge in [-0.1, -0.05) is 49.4 Å². The largest absolute Gasteiger partial charge is 0.447 e. The molecule has 2 atom stereocenters. The summed E-state index contributed by atoms with van der Waals surface area (Å²) in [6.07, 6.45) is 6.94. The molecule has 0 saturated carbocycles. The van der Waals surface area contributed by atoms with E-state index in [9.17, 15) is 9.59 Å². The maximum absolute atomic E-state index is 12.6. The minimum absolute atomic E-state index is 0.117. The number of carbonyl (C=O) groups is 2. The molecule has 1 aromatic rings. The predicted molar refractivity (Wildman–Crippen MR) is 90.0 cm³/mol. The molecule has 2 amide bonds. The maximum Gasteiger partial charge on any atom is 0.416 e. The standard InChI is InChI=1S/C19H25NO3/c1-3-4-5-7-10-15(2)18(21)20-17(14-23-19(20)22)13-16-11-8-6-9-12-16/h3-4,6,8-9,11-12,15,17H,5,7,10,13-14H2,1-2H3/b4-3+. The van der Waals surface area contributed by atoms with Gasteiger partial charge in [-0.15, -0.1) is 0 Å². The first kappa shape index (κ1) is 17.3. The number of hydrogen-bond acceptors (Lipinski definition) is 3. The van der Waals surface area contributed by atoms with Crippen molar-refractivity contribution in [2.75, 3.05) is 6.61 Å². The van der Waals surface area contributed by atoms with Gasteiger partial charge in [-0.3, -0.25) is 4.79 Å². The van der Waals surface area contributed by atoms with Crippen LogP contribution in [-0.2, 0) is 16.0 Å². The molecule has 1 heterocycles. The van der Waals surface area contributed by atoms with E-state index in [0.717, 1.165) is 24.8 Å². The normalized spacial score (nSPS) is 19.1. The van der Waals surface area contributed by atoms with Gasteiger partial charge in [-0.05, 0) is 38.2 Å². The van der Waals surface area contributed by atoms with E-state index >= 15 is 0 Å². The van der Waals surface area contributed by atoms with Crippen molar-refractivity contribution in [3.8, 4) is 0 Å². The van der Waals surface area contributed by atoms with Crippen LogP contribution in [0.3, 0.4) is 0 Å². The van der Waals surface area contributed by atoms with Crippen molar-refractivity contribution < 1.29 is 14.3 Å². The highest BCUT2D eigenvalue weighted by atomic mass is 16.6. The van der Waals surface area contributed by atoms with Gasteiger partial charge >= 0.3 is 6.09 Å². The van der Waals surface area contributed by atoms with Crippen LogP contribution in [0.4, 0.5) is 4.79 Å². The van der Waals surface area contributed by atoms with Crippen LogP contribution >= 0.6 is 0 Å². The first-order valence-corrected chi connectivity index (χ1v) is 8.28. The van der Waals surface area contributed by atoms with Crippen LogP contribution in [0.25, 0.3) is 0 Å².